The summed E-state index contributed by atoms with van der Waals surface area (Å²) in [5, 5.41) is 0. The monoisotopic (exact) mass is 556 g/mol. The van der Waals surface area contributed by atoms with E-state index in [0.29, 0.717) is 47.7 Å². The Morgan fingerprint density at radius 2 is 0.927 bits per heavy atom. The quantitative estimate of drug-likeness (QED) is 0.179. The molecule has 214 valence electrons. The van der Waals surface area contributed by atoms with Crippen molar-refractivity contribution in [3.63, 3.8) is 0 Å². The van der Waals surface area contributed by atoms with Gasteiger partial charge in [0.2, 0.25) is 11.5 Å². The lowest BCUT2D eigenvalue weighted by Crippen LogP contribution is -2.05. The largest absolute Gasteiger partial charge is 0.493 e. The SMILES string of the molecule is COc1cc([C@H]2CC[C@H](c3cc(OC)c(OC)c(OCc4ccccc4)c3)O2)cc(OCc2ccccc2)c1OC. The third-order valence-electron chi connectivity index (χ3n) is 7.17. The van der Waals surface area contributed by atoms with E-state index >= 15 is 0 Å². The van der Waals surface area contributed by atoms with E-state index in [1.165, 1.54) is 0 Å². The number of hydrogen-bond acceptors (Lipinski definition) is 7. The second kappa shape index (κ2) is 13.3. The number of methoxy groups -OCH3 is 4. The van der Waals surface area contributed by atoms with Crippen LogP contribution in [0.5, 0.6) is 34.5 Å². The van der Waals surface area contributed by atoms with Crippen LogP contribution in [0.2, 0.25) is 0 Å². The van der Waals surface area contributed by atoms with Crippen LogP contribution < -0.4 is 28.4 Å². The van der Waals surface area contributed by atoms with Crippen molar-refractivity contribution in [2.24, 2.45) is 0 Å². The molecule has 41 heavy (non-hydrogen) atoms. The average molecular weight is 557 g/mol. The molecule has 4 aromatic carbocycles. The number of ether oxygens (including phenoxy) is 7. The van der Waals surface area contributed by atoms with Gasteiger partial charge in [-0.05, 0) is 59.4 Å². The Kier molecular flexibility index (Phi) is 9.16. The first-order valence-electron chi connectivity index (χ1n) is 13.6. The zero-order valence-electron chi connectivity index (χ0n) is 23.9. The Bertz CT molecular complexity index is 1310. The summed E-state index contributed by atoms with van der Waals surface area (Å²) in [6, 6.07) is 27.9. The Labute approximate surface area is 241 Å². The predicted octanol–water partition coefficient (Wildman–Crippen LogP) is 7.47. The molecule has 1 aliphatic rings. The van der Waals surface area contributed by atoms with Gasteiger partial charge in [0.15, 0.2) is 23.0 Å². The molecule has 0 aliphatic carbocycles. The van der Waals surface area contributed by atoms with Crippen molar-refractivity contribution in [1.82, 2.24) is 0 Å². The van der Waals surface area contributed by atoms with Gasteiger partial charge >= 0.3 is 0 Å². The Balaban J connectivity index is 1.37. The van der Waals surface area contributed by atoms with E-state index in [2.05, 4.69) is 0 Å². The molecule has 1 aliphatic heterocycles. The van der Waals surface area contributed by atoms with Crippen LogP contribution in [-0.4, -0.2) is 28.4 Å². The fourth-order valence-electron chi connectivity index (χ4n) is 5.08. The van der Waals surface area contributed by atoms with Crippen molar-refractivity contribution in [3.8, 4) is 34.5 Å². The molecule has 0 radical (unpaired) electrons. The van der Waals surface area contributed by atoms with Crippen LogP contribution in [0.4, 0.5) is 0 Å². The molecule has 5 rings (SSSR count). The van der Waals surface area contributed by atoms with Gasteiger partial charge < -0.3 is 33.2 Å². The molecule has 4 aromatic rings. The van der Waals surface area contributed by atoms with Crippen LogP contribution >= 0.6 is 0 Å². The molecule has 2 atom stereocenters. The molecule has 0 N–H and O–H groups in total. The Morgan fingerprint density at radius 1 is 0.537 bits per heavy atom. The van der Waals surface area contributed by atoms with Gasteiger partial charge in [0.1, 0.15) is 13.2 Å². The van der Waals surface area contributed by atoms with Crippen LogP contribution in [-0.2, 0) is 18.0 Å². The molecule has 0 saturated carbocycles. The molecule has 0 amide bonds. The van der Waals surface area contributed by atoms with E-state index in [1.54, 1.807) is 28.4 Å². The van der Waals surface area contributed by atoms with Crippen molar-refractivity contribution < 1.29 is 33.2 Å². The highest BCUT2D eigenvalue weighted by atomic mass is 16.5. The van der Waals surface area contributed by atoms with Crippen molar-refractivity contribution in [3.05, 3.63) is 107 Å². The van der Waals surface area contributed by atoms with Crippen LogP contribution in [0.3, 0.4) is 0 Å². The first-order valence-corrected chi connectivity index (χ1v) is 13.6. The van der Waals surface area contributed by atoms with Crippen LogP contribution in [0, 0.1) is 0 Å². The molecule has 1 heterocycles. The van der Waals surface area contributed by atoms with E-state index in [4.69, 9.17) is 33.2 Å². The van der Waals surface area contributed by atoms with E-state index < -0.39 is 0 Å². The predicted molar refractivity (Wildman–Crippen MR) is 156 cm³/mol. The molecule has 7 heteroatoms. The summed E-state index contributed by atoms with van der Waals surface area (Å²) in [6.45, 7) is 0.824. The summed E-state index contributed by atoms with van der Waals surface area (Å²) in [4.78, 5) is 0. The highest BCUT2D eigenvalue weighted by Crippen LogP contribution is 2.48. The van der Waals surface area contributed by atoms with Gasteiger partial charge in [-0.25, -0.2) is 0 Å². The summed E-state index contributed by atoms with van der Waals surface area (Å²) in [5.41, 5.74) is 4.06. The first-order chi connectivity index (χ1) is 20.1. The maximum absolute atomic E-state index is 6.61. The number of benzene rings is 4. The number of hydrogen-bond donors (Lipinski definition) is 0. The standard InChI is InChI=1S/C34H36O7/c1-35-29-17-25(19-31(33(29)37-3)39-21-23-11-7-5-8-12-23)27-15-16-28(41-27)26-18-30(36-2)34(38-4)32(20-26)40-22-24-13-9-6-10-14-24/h5-14,17-20,27-28H,15-16,21-22H2,1-4H3/t27-,28-/m1/s1. The summed E-state index contributed by atoms with van der Waals surface area (Å²) < 4.78 is 41.6. The highest BCUT2D eigenvalue weighted by Gasteiger charge is 2.31. The van der Waals surface area contributed by atoms with Gasteiger partial charge in [0, 0.05) is 0 Å². The van der Waals surface area contributed by atoms with Gasteiger partial charge in [-0.3, -0.25) is 0 Å². The minimum Gasteiger partial charge on any atom is -0.493 e. The van der Waals surface area contributed by atoms with E-state index in [0.717, 1.165) is 35.1 Å². The topological polar surface area (TPSA) is 64.6 Å². The molecule has 0 spiro atoms. The van der Waals surface area contributed by atoms with E-state index in [1.807, 2.05) is 84.9 Å². The molecule has 1 fully saturated rings. The molecule has 7 nitrogen and oxygen atoms in total. The van der Waals surface area contributed by atoms with Crippen molar-refractivity contribution >= 4 is 0 Å². The van der Waals surface area contributed by atoms with Crippen molar-refractivity contribution in [2.75, 3.05) is 28.4 Å². The molecular formula is C34H36O7. The highest BCUT2D eigenvalue weighted by molar-refractivity contribution is 5.56. The van der Waals surface area contributed by atoms with Gasteiger partial charge in [0.05, 0.1) is 40.6 Å². The van der Waals surface area contributed by atoms with E-state index in [-0.39, 0.29) is 12.2 Å². The lowest BCUT2D eigenvalue weighted by atomic mass is 10.0. The fourth-order valence-corrected chi connectivity index (χ4v) is 5.08. The molecule has 0 unspecified atom stereocenters. The smallest absolute Gasteiger partial charge is 0.203 e. The van der Waals surface area contributed by atoms with Crippen LogP contribution in [0.25, 0.3) is 0 Å². The summed E-state index contributed by atoms with van der Waals surface area (Å²) in [5.74, 6) is 3.54. The molecule has 1 saturated heterocycles. The zero-order valence-corrected chi connectivity index (χ0v) is 23.9. The zero-order chi connectivity index (χ0) is 28.6. The van der Waals surface area contributed by atoms with Crippen LogP contribution in [0.15, 0.2) is 84.9 Å². The van der Waals surface area contributed by atoms with Crippen molar-refractivity contribution in [2.45, 2.75) is 38.3 Å². The van der Waals surface area contributed by atoms with Crippen LogP contribution in [0.1, 0.15) is 47.3 Å². The van der Waals surface area contributed by atoms with Gasteiger partial charge in [-0.2, -0.15) is 0 Å². The third-order valence-corrected chi connectivity index (χ3v) is 7.17. The van der Waals surface area contributed by atoms with Gasteiger partial charge in [-0.1, -0.05) is 60.7 Å². The second-order valence-corrected chi connectivity index (χ2v) is 9.75. The summed E-state index contributed by atoms with van der Waals surface area (Å²) in [6.07, 6.45) is 1.35. The van der Waals surface area contributed by atoms with E-state index in [9.17, 15) is 0 Å². The molecule has 0 aromatic heterocycles. The number of rotatable bonds is 12. The van der Waals surface area contributed by atoms with Gasteiger partial charge in [0.25, 0.3) is 0 Å². The maximum Gasteiger partial charge on any atom is 0.203 e. The third kappa shape index (κ3) is 6.52. The molecular weight excluding hydrogens is 520 g/mol. The lowest BCUT2D eigenvalue weighted by molar-refractivity contribution is 0.0434. The average Bonchev–Trinajstić information content (AvgIpc) is 3.53. The Morgan fingerprint density at radius 3 is 1.29 bits per heavy atom. The lowest BCUT2D eigenvalue weighted by Gasteiger charge is -2.20. The fraction of sp³-hybridized carbons (Fsp3) is 0.294. The summed E-state index contributed by atoms with van der Waals surface area (Å²) >= 11 is 0. The minimum atomic E-state index is -0.152. The molecule has 0 bridgehead atoms. The Hall–Kier alpha value is -4.36. The second-order valence-electron chi connectivity index (χ2n) is 9.75. The van der Waals surface area contributed by atoms with Crippen molar-refractivity contribution in [1.29, 1.82) is 0 Å². The minimum absolute atomic E-state index is 0.152. The van der Waals surface area contributed by atoms with Gasteiger partial charge in [-0.15, -0.1) is 0 Å². The first kappa shape index (κ1) is 28.2. The summed E-state index contributed by atoms with van der Waals surface area (Å²) in [7, 11) is 6.48. The normalized spacial score (nSPS) is 16.2. The maximum atomic E-state index is 6.61.